The molecule has 1 aromatic rings. The van der Waals surface area contributed by atoms with Crippen LogP contribution in [0.5, 0.6) is 0 Å². The molecule has 0 radical (unpaired) electrons. The van der Waals surface area contributed by atoms with Crippen molar-refractivity contribution in [2.45, 2.75) is 5.66 Å². The molecule has 1 atom stereocenters. The molecule has 78 valence electrons. The first kappa shape index (κ1) is 9.60. The zero-order chi connectivity index (χ0) is 10.9. The summed E-state index contributed by atoms with van der Waals surface area (Å²) in [4.78, 5) is 7.87. The van der Waals surface area contributed by atoms with Gasteiger partial charge in [-0.1, -0.05) is 0 Å². The molecule has 0 saturated carbocycles. The molecule has 5 nitrogen and oxygen atoms in total. The molecule has 0 amide bonds. The fourth-order valence-electron chi connectivity index (χ4n) is 1.27. The Labute approximate surface area is 85.7 Å². The number of nitrogens with zero attached hydrogens (tertiary/aromatic N) is 2. The summed E-state index contributed by atoms with van der Waals surface area (Å²) in [5.41, 5.74) is 11.2. The highest BCUT2D eigenvalue weighted by Crippen LogP contribution is 2.24. The van der Waals surface area contributed by atoms with E-state index < -0.39 is 11.5 Å². The van der Waals surface area contributed by atoms with Crippen LogP contribution in [-0.4, -0.2) is 11.3 Å². The third kappa shape index (κ3) is 1.55. The van der Waals surface area contributed by atoms with Gasteiger partial charge >= 0.3 is 0 Å². The summed E-state index contributed by atoms with van der Waals surface area (Å²) < 4.78 is 12.7. The molecule has 0 aromatic carbocycles. The Morgan fingerprint density at radius 1 is 1.40 bits per heavy atom. The Morgan fingerprint density at radius 3 is 2.80 bits per heavy atom. The molecule has 6 heteroatoms. The number of hydrogen-bond acceptors (Lipinski definition) is 5. The second-order valence-electron chi connectivity index (χ2n) is 3.15. The maximum absolute atomic E-state index is 12.7. The van der Waals surface area contributed by atoms with Gasteiger partial charge in [0.1, 0.15) is 5.82 Å². The molecule has 1 aromatic heterocycles. The van der Waals surface area contributed by atoms with Gasteiger partial charge in [-0.05, 0) is 12.1 Å². The summed E-state index contributed by atoms with van der Waals surface area (Å²) in [6.45, 7) is 0. The van der Waals surface area contributed by atoms with Gasteiger partial charge in [-0.3, -0.25) is 10.7 Å². The van der Waals surface area contributed by atoms with E-state index >= 15 is 0 Å². The highest BCUT2D eigenvalue weighted by atomic mass is 19.1. The molecule has 1 unspecified atom stereocenters. The van der Waals surface area contributed by atoms with Crippen molar-refractivity contribution in [1.29, 1.82) is 0 Å². The fraction of sp³-hybridized carbons (Fsp3) is 0.111. The van der Waals surface area contributed by atoms with Crippen LogP contribution in [0.2, 0.25) is 0 Å². The predicted molar refractivity (Wildman–Crippen MR) is 54.0 cm³/mol. The third-order valence-electron chi connectivity index (χ3n) is 2.14. The van der Waals surface area contributed by atoms with E-state index in [0.717, 1.165) is 6.20 Å². The summed E-state index contributed by atoms with van der Waals surface area (Å²) >= 11 is 0. The van der Waals surface area contributed by atoms with Crippen molar-refractivity contribution >= 4 is 6.34 Å². The van der Waals surface area contributed by atoms with Crippen molar-refractivity contribution in [1.82, 2.24) is 10.3 Å². The van der Waals surface area contributed by atoms with Crippen LogP contribution in [0.15, 0.2) is 35.2 Å². The standard InChI is InChI=1S/C9H10FN5/c10-6-1-2-8(14-3-6)9(12)7(11)4-13-5-15-9/h1-5H,11-12H2,(H,13,15). The number of halogens is 1. The topological polar surface area (TPSA) is 89.3 Å². The normalized spacial score (nSPS) is 24.5. The van der Waals surface area contributed by atoms with Crippen molar-refractivity contribution in [3.63, 3.8) is 0 Å². The molecule has 1 aliphatic rings. The van der Waals surface area contributed by atoms with Gasteiger partial charge in [0.2, 0.25) is 0 Å². The minimum Gasteiger partial charge on any atom is -0.397 e. The van der Waals surface area contributed by atoms with Gasteiger partial charge in [0.25, 0.3) is 0 Å². The minimum absolute atomic E-state index is 0.323. The molecule has 0 fully saturated rings. The molecule has 2 heterocycles. The molecule has 0 bridgehead atoms. The van der Waals surface area contributed by atoms with Gasteiger partial charge in [-0.2, -0.15) is 0 Å². The maximum Gasteiger partial charge on any atom is 0.194 e. The number of aromatic nitrogens is 1. The Kier molecular flexibility index (Phi) is 2.12. The fourth-order valence-corrected chi connectivity index (χ4v) is 1.27. The predicted octanol–water partition coefficient (Wildman–Crippen LogP) is -0.236. The minimum atomic E-state index is -1.21. The summed E-state index contributed by atoms with van der Waals surface area (Å²) in [7, 11) is 0. The lowest BCUT2D eigenvalue weighted by atomic mass is 10.0. The second-order valence-corrected chi connectivity index (χ2v) is 3.15. The third-order valence-corrected chi connectivity index (χ3v) is 2.14. The van der Waals surface area contributed by atoms with Gasteiger partial charge < -0.3 is 11.1 Å². The first-order chi connectivity index (χ1) is 7.13. The molecule has 2 rings (SSSR count). The number of pyridine rings is 1. The second kappa shape index (κ2) is 3.32. The molecule has 0 spiro atoms. The average Bonchev–Trinajstić information content (AvgIpc) is 2.23. The number of rotatable bonds is 1. The van der Waals surface area contributed by atoms with Gasteiger partial charge in [0.15, 0.2) is 5.66 Å². The average molecular weight is 207 g/mol. The van der Waals surface area contributed by atoms with Crippen LogP contribution < -0.4 is 16.8 Å². The lowest BCUT2D eigenvalue weighted by molar-refractivity contribution is 0.517. The summed E-state index contributed by atoms with van der Waals surface area (Å²) in [5.74, 6) is -0.428. The summed E-state index contributed by atoms with van der Waals surface area (Å²) in [6, 6.07) is 2.72. The van der Waals surface area contributed by atoms with Gasteiger partial charge in [-0.25, -0.2) is 9.38 Å². The van der Waals surface area contributed by atoms with Crippen molar-refractivity contribution in [2.75, 3.05) is 0 Å². The lowest BCUT2D eigenvalue weighted by Gasteiger charge is -2.27. The van der Waals surface area contributed by atoms with Gasteiger partial charge in [0, 0.05) is 6.20 Å². The molecule has 0 aliphatic carbocycles. The first-order valence-corrected chi connectivity index (χ1v) is 4.30. The highest BCUT2D eigenvalue weighted by molar-refractivity contribution is 5.60. The Balaban J connectivity index is 2.44. The van der Waals surface area contributed by atoms with Crippen LogP contribution in [0.3, 0.4) is 0 Å². The Hall–Kier alpha value is -1.95. The summed E-state index contributed by atoms with van der Waals surface area (Å²) in [6.07, 6.45) is 4.02. The molecule has 1 aliphatic heterocycles. The smallest absolute Gasteiger partial charge is 0.194 e. The Morgan fingerprint density at radius 2 is 2.20 bits per heavy atom. The van der Waals surface area contributed by atoms with E-state index in [0.29, 0.717) is 11.4 Å². The van der Waals surface area contributed by atoms with Crippen LogP contribution in [0.25, 0.3) is 0 Å². The molecule has 15 heavy (non-hydrogen) atoms. The number of aliphatic imine (C=N–C) groups is 1. The highest BCUT2D eigenvalue weighted by Gasteiger charge is 2.32. The van der Waals surface area contributed by atoms with Crippen molar-refractivity contribution in [3.8, 4) is 0 Å². The lowest BCUT2D eigenvalue weighted by Crippen LogP contribution is -2.44. The zero-order valence-corrected chi connectivity index (χ0v) is 7.81. The molecular weight excluding hydrogens is 197 g/mol. The van der Waals surface area contributed by atoms with Crippen LogP contribution in [-0.2, 0) is 5.66 Å². The molecule has 5 N–H and O–H groups in total. The van der Waals surface area contributed by atoms with Crippen LogP contribution in [0, 0.1) is 5.82 Å². The van der Waals surface area contributed by atoms with E-state index in [-0.39, 0.29) is 0 Å². The number of hydrogen-bond donors (Lipinski definition) is 3. The van der Waals surface area contributed by atoms with E-state index in [9.17, 15) is 4.39 Å². The SMILES string of the molecule is NC1=CNC=NC1(N)c1ccc(F)cn1. The van der Waals surface area contributed by atoms with E-state index in [1.807, 2.05) is 0 Å². The van der Waals surface area contributed by atoms with E-state index in [1.54, 1.807) is 0 Å². The Bertz CT molecular complexity index is 425. The van der Waals surface area contributed by atoms with Crippen molar-refractivity contribution in [2.24, 2.45) is 16.5 Å². The monoisotopic (exact) mass is 207 g/mol. The number of nitrogens with one attached hydrogen (secondary N) is 1. The largest absolute Gasteiger partial charge is 0.397 e. The molecule has 0 saturated heterocycles. The van der Waals surface area contributed by atoms with E-state index in [1.165, 1.54) is 24.7 Å². The zero-order valence-electron chi connectivity index (χ0n) is 7.81. The van der Waals surface area contributed by atoms with Gasteiger partial charge in [0.05, 0.1) is 23.9 Å². The van der Waals surface area contributed by atoms with Crippen LogP contribution >= 0.6 is 0 Å². The molecular formula is C9H10FN5. The van der Waals surface area contributed by atoms with Crippen LogP contribution in [0.1, 0.15) is 5.69 Å². The van der Waals surface area contributed by atoms with Crippen molar-refractivity contribution in [3.05, 3.63) is 41.7 Å². The van der Waals surface area contributed by atoms with Gasteiger partial charge in [-0.15, -0.1) is 0 Å². The van der Waals surface area contributed by atoms with E-state index in [2.05, 4.69) is 15.3 Å². The summed E-state index contributed by atoms with van der Waals surface area (Å²) in [5, 5.41) is 2.71. The van der Waals surface area contributed by atoms with Crippen molar-refractivity contribution < 1.29 is 4.39 Å². The quantitative estimate of drug-likeness (QED) is 0.593. The maximum atomic E-state index is 12.7. The van der Waals surface area contributed by atoms with Crippen LogP contribution in [0.4, 0.5) is 4.39 Å². The van der Waals surface area contributed by atoms with E-state index in [4.69, 9.17) is 11.5 Å². The first-order valence-electron chi connectivity index (χ1n) is 4.30. The number of nitrogens with two attached hydrogens (primary N) is 2.